The molecule has 3 heterocycles. The van der Waals surface area contributed by atoms with Crippen LogP contribution in [0.2, 0.25) is 0 Å². The van der Waals surface area contributed by atoms with Crippen LogP contribution < -0.4 is 10.1 Å². The molecule has 0 radical (unpaired) electrons. The molecule has 1 aliphatic rings. The number of likely N-dealkylation sites (tertiary alicyclic amines) is 1. The van der Waals surface area contributed by atoms with Crippen LogP contribution >= 0.6 is 0 Å². The molecule has 1 aliphatic heterocycles. The van der Waals surface area contributed by atoms with Gasteiger partial charge in [0.25, 0.3) is 11.8 Å². The van der Waals surface area contributed by atoms with Gasteiger partial charge in [-0.25, -0.2) is 8.91 Å². The Balaban J connectivity index is 1.52. The molecule has 0 unspecified atom stereocenters. The Morgan fingerprint density at radius 2 is 1.88 bits per heavy atom. The number of hydrogen-bond donors (Lipinski definition) is 1. The fourth-order valence-corrected chi connectivity index (χ4v) is 4.28. The van der Waals surface area contributed by atoms with Gasteiger partial charge in [-0.1, -0.05) is 12.1 Å². The summed E-state index contributed by atoms with van der Waals surface area (Å²) in [5, 5.41) is 7.63. The molecule has 2 aromatic heterocycles. The number of fused-ring (bicyclic) bond motifs is 2. The summed E-state index contributed by atoms with van der Waals surface area (Å²) in [5.74, 6) is -0.611. The molecule has 9 heteroatoms. The van der Waals surface area contributed by atoms with Crippen molar-refractivity contribution in [2.45, 2.75) is 13.0 Å². The second-order valence-corrected chi connectivity index (χ2v) is 8.18. The molecule has 5 rings (SSSR count). The summed E-state index contributed by atoms with van der Waals surface area (Å²) in [7, 11) is 3.16. The Bertz CT molecular complexity index is 1440. The van der Waals surface area contributed by atoms with Crippen molar-refractivity contribution in [3.63, 3.8) is 0 Å². The number of aryl methyl sites for hydroxylation is 1. The van der Waals surface area contributed by atoms with E-state index in [0.29, 0.717) is 46.4 Å². The van der Waals surface area contributed by atoms with Crippen LogP contribution in [0.5, 0.6) is 11.5 Å². The molecular formula is C25H23FN4O4. The third-order valence-electron chi connectivity index (χ3n) is 6.24. The maximum atomic E-state index is 15.4. The number of nitrogens with one attached hydrogen (secondary N) is 1. The normalized spacial score (nSPS) is 13.8. The molecule has 2 amide bonds. The highest BCUT2D eigenvalue weighted by Crippen LogP contribution is 2.35. The van der Waals surface area contributed by atoms with E-state index in [2.05, 4.69) is 10.4 Å². The Morgan fingerprint density at radius 3 is 2.62 bits per heavy atom. The van der Waals surface area contributed by atoms with Gasteiger partial charge in [0.1, 0.15) is 5.52 Å². The predicted octanol–water partition coefficient (Wildman–Crippen LogP) is 3.56. The minimum Gasteiger partial charge on any atom is -0.452 e. The van der Waals surface area contributed by atoms with Crippen LogP contribution in [-0.4, -0.2) is 59.7 Å². The van der Waals surface area contributed by atoms with Gasteiger partial charge in [-0.05, 0) is 36.1 Å². The summed E-state index contributed by atoms with van der Waals surface area (Å²) in [5.41, 5.74) is 2.15. The standard InChI is InChI=1S/C25H23FN4O4/c1-14-19(25(32)29-11-15(12-29)33-3)13-30-23(14)21(9-10-28-30)34-20-8-7-16-17(22(20)26)5-4-6-18(16)24(31)27-2/h4-10,13,15H,11-12H2,1-3H3,(H,27,31). The lowest BCUT2D eigenvalue weighted by molar-refractivity contribution is -0.0192. The van der Waals surface area contributed by atoms with Crippen LogP contribution in [0.4, 0.5) is 4.39 Å². The fraction of sp³-hybridized carbons (Fsp3) is 0.240. The molecule has 1 saturated heterocycles. The van der Waals surface area contributed by atoms with Crippen molar-refractivity contribution >= 4 is 28.1 Å². The Kier molecular flexibility index (Phi) is 5.41. The van der Waals surface area contributed by atoms with Gasteiger partial charge in [0, 0.05) is 50.5 Å². The van der Waals surface area contributed by atoms with E-state index in [1.807, 2.05) is 6.92 Å². The van der Waals surface area contributed by atoms with Crippen LogP contribution in [0.1, 0.15) is 26.3 Å². The van der Waals surface area contributed by atoms with E-state index in [1.54, 1.807) is 53.1 Å². The van der Waals surface area contributed by atoms with E-state index in [-0.39, 0.29) is 29.1 Å². The topological polar surface area (TPSA) is 85.2 Å². The highest BCUT2D eigenvalue weighted by atomic mass is 19.1. The second-order valence-electron chi connectivity index (χ2n) is 8.18. The van der Waals surface area contributed by atoms with Crippen molar-refractivity contribution in [3.05, 3.63) is 71.3 Å². The molecule has 4 aromatic rings. The molecule has 0 atom stereocenters. The van der Waals surface area contributed by atoms with Gasteiger partial charge < -0.3 is 19.7 Å². The maximum absolute atomic E-state index is 15.4. The summed E-state index contributed by atoms with van der Waals surface area (Å²) < 4.78 is 28.2. The number of amides is 2. The number of ether oxygens (including phenoxy) is 2. The fourth-order valence-electron chi connectivity index (χ4n) is 4.28. The summed E-state index contributed by atoms with van der Waals surface area (Å²) in [4.78, 5) is 26.8. The van der Waals surface area contributed by atoms with E-state index in [9.17, 15) is 9.59 Å². The van der Waals surface area contributed by atoms with E-state index in [4.69, 9.17) is 9.47 Å². The number of rotatable bonds is 5. The Labute approximate surface area is 194 Å². The van der Waals surface area contributed by atoms with Crippen molar-refractivity contribution in [2.24, 2.45) is 0 Å². The first-order valence-corrected chi connectivity index (χ1v) is 10.8. The smallest absolute Gasteiger partial charge is 0.255 e. The average molecular weight is 462 g/mol. The van der Waals surface area contributed by atoms with Gasteiger partial charge in [0.05, 0.1) is 17.9 Å². The lowest BCUT2D eigenvalue weighted by Crippen LogP contribution is -2.54. The van der Waals surface area contributed by atoms with Gasteiger partial charge in [0.2, 0.25) is 0 Å². The minimum atomic E-state index is -0.579. The van der Waals surface area contributed by atoms with E-state index < -0.39 is 5.82 Å². The molecule has 174 valence electrons. The quantitative estimate of drug-likeness (QED) is 0.490. The number of carbonyl (C=O) groups is 2. The van der Waals surface area contributed by atoms with Crippen LogP contribution in [0, 0.1) is 12.7 Å². The zero-order valence-corrected chi connectivity index (χ0v) is 19.0. The van der Waals surface area contributed by atoms with Gasteiger partial charge in [-0.15, -0.1) is 0 Å². The predicted molar refractivity (Wildman–Crippen MR) is 124 cm³/mol. The van der Waals surface area contributed by atoms with Gasteiger partial charge >= 0.3 is 0 Å². The van der Waals surface area contributed by atoms with Crippen molar-refractivity contribution in [1.29, 1.82) is 0 Å². The molecule has 2 aromatic carbocycles. The monoisotopic (exact) mass is 462 g/mol. The van der Waals surface area contributed by atoms with Crippen LogP contribution in [0.15, 0.2) is 48.8 Å². The zero-order chi connectivity index (χ0) is 24.0. The van der Waals surface area contributed by atoms with E-state index in [0.717, 1.165) is 0 Å². The van der Waals surface area contributed by atoms with Crippen molar-refractivity contribution in [3.8, 4) is 11.5 Å². The number of halogens is 1. The summed E-state index contributed by atoms with van der Waals surface area (Å²) in [6, 6.07) is 9.66. The summed E-state index contributed by atoms with van der Waals surface area (Å²) in [6.07, 6.45) is 3.24. The molecule has 1 fully saturated rings. The number of carbonyl (C=O) groups excluding carboxylic acids is 2. The van der Waals surface area contributed by atoms with Crippen LogP contribution in [-0.2, 0) is 4.74 Å². The number of benzene rings is 2. The van der Waals surface area contributed by atoms with Crippen LogP contribution in [0.3, 0.4) is 0 Å². The molecular weight excluding hydrogens is 439 g/mol. The average Bonchev–Trinajstić information content (AvgIpc) is 3.16. The Morgan fingerprint density at radius 1 is 1.09 bits per heavy atom. The van der Waals surface area contributed by atoms with Gasteiger partial charge in [-0.2, -0.15) is 5.10 Å². The SMILES string of the molecule is CNC(=O)c1cccc2c(F)c(Oc3ccnn4cc(C(=O)N5CC(OC)C5)c(C)c34)ccc12. The van der Waals surface area contributed by atoms with Crippen molar-refractivity contribution in [2.75, 3.05) is 27.2 Å². The molecule has 0 saturated carbocycles. The van der Waals surface area contributed by atoms with Crippen molar-refractivity contribution in [1.82, 2.24) is 19.8 Å². The first-order chi connectivity index (χ1) is 16.4. The first kappa shape index (κ1) is 21.8. The lowest BCUT2D eigenvalue weighted by Gasteiger charge is -2.38. The number of aromatic nitrogens is 2. The number of methoxy groups -OCH3 is 1. The maximum Gasteiger partial charge on any atom is 0.255 e. The molecule has 1 N–H and O–H groups in total. The van der Waals surface area contributed by atoms with Gasteiger partial charge in [0.15, 0.2) is 17.3 Å². The molecule has 8 nitrogen and oxygen atoms in total. The minimum absolute atomic E-state index is 0.00816. The van der Waals surface area contributed by atoms with Gasteiger partial charge in [-0.3, -0.25) is 9.59 Å². The summed E-state index contributed by atoms with van der Waals surface area (Å²) >= 11 is 0. The molecule has 0 bridgehead atoms. The first-order valence-electron chi connectivity index (χ1n) is 10.8. The lowest BCUT2D eigenvalue weighted by atomic mass is 10.0. The molecule has 0 aliphatic carbocycles. The highest BCUT2D eigenvalue weighted by Gasteiger charge is 2.33. The second kappa shape index (κ2) is 8.42. The third kappa shape index (κ3) is 3.45. The zero-order valence-electron chi connectivity index (χ0n) is 19.0. The number of hydrogen-bond acceptors (Lipinski definition) is 5. The van der Waals surface area contributed by atoms with Crippen molar-refractivity contribution < 1.29 is 23.5 Å². The van der Waals surface area contributed by atoms with E-state index >= 15 is 4.39 Å². The largest absolute Gasteiger partial charge is 0.452 e. The molecule has 34 heavy (non-hydrogen) atoms. The third-order valence-corrected chi connectivity index (χ3v) is 6.24. The Hall–Kier alpha value is -3.98. The van der Waals surface area contributed by atoms with Crippen LogP contribution in [0.25, 0.3) is 16.3 Å². The number of nitrogens with zero attached hydrogens (tertiary/aromatic N) is 3. The van der Waals surface area contributed by atoms with E-state index in [1.165, 1.54) is 19.3 Å². The highest BCUT2D eigenvalue weighted by molar-refractivity contribution is 6.07. The summed E-state index contributed by atoms with van der Waals surface area (Å²) in [6.45, 7) is 2.90. The molecule has 0 spiro atoms.